The van der Waals surface area contributed by atoms with Gasteiger partial charge in [0, 0.05) is 13.7 Å². The zero-order valence-corrected chi connectivity index (χ0v) is 12.6. The number of hydrogen-bond acceptors (Lipinski definition) is 6. The van der Waals surface area contributed by atoms with Gasteiger partial charge in [0.25, 0.3) is 5.22 Å². The highest BCUT2D eigenvalue weighted by atomic mass is 32.2. The van der Waals surface area contributed by atoms with E-state index >= 15 is 0 Å². The predicted octanol–water partition coefficient (Wildman–Crippen LogP) is 1.43. The van der Waals surface area contributed by atoms with E-state index in [9.17, 15) is 9.90 Å². The van der Waals surface area contributed by atoms with Gasteiger partial charge in [-0.05, 0) is 18.6 Å². The van der Waals surface area contributed by atoms with Crippen LogP contribution in [-0.2, 0) is 9.53 Å². The van der Waals surface area contributed by atoms with Gasteiger partial charge in [-0.2, -0.15) is 0 Å². The third-order valence-corrected chi connectivity index (χ3v) is 3.59. The van der Waals surface area contributed by atoms with Crippen LogP contribution < -0.4 is 5.32 Å². The number of rotatable bonds is 8. The second-order valence-corrected chi connectivity index (χ2v) is 5.41. The second kappa shape index (κ2) is 8.02. The summed E-state index contributed by atoms with van der Waals surface area (Å²) in [6.07, 6.45) is -0.0902. The zero-order valence-electron chi connectivity index (χ0n) is 11.7. The molecule has 1 heterocycles. The van der Waals surface area contributed by atoms with E-state index in [2.05, 4.69) is 10.3 Å². The first-order valence-electron chi connectivity index (χ1n) is 6.61. The molecule has 0 aliphatic rings. The van der Waals surface area contributed by atoms with Gasteiger partial charge in [0.05, 0.1) is 18.5 Å². The number of nitrogens with zero attached hydrogens (tertiary/aromatic N) is 1. The monoisotopic (exact) mass is 310 g/mol. The van der Waals surface area contributed by atoms with E-state index in [0.717, 1.165) is 5.52 Å². The second-order valence-electron chi connectivity index (χ2n) is 4.48. The number of ether oxygens (including phenoxy) is 1. The molecule has 6 nitrogen and oxygen atoms in total. The molecule has 114 valence electrons. The van der Waals surface area contributed by atoms with E-state index in [1.165, 1.54) is 18.9 Å². The Bertz CT molecular complexity index is 554. The number of oxazole rings is 1. The molecule has 0 saturated heterocycles. The lowest BCUT2D eigenvalue weighted by atomic mass is 10.3. The Morgan fingerprint density at radius 1 is 1.52 bits per heavy atom. The van der Waals surface area contributed by atoms with Gasteiger partial charge in [0.1, 0.15) is 5.52 Å². The average molecular weight is 310 g/mol. The number of aliphatic hydroxyl groups is 1. The van der Waals surface area contributed by atoms with Gasteiger partial charge >= 0.3 is 0 Å². The molecule has 0 spiro atoms. The van der Waals surface area contributed by atoms with E-state index < -0.39 is 6.10 Å². The topological polar surface area (TPSA) is 84.6 Å². The maximum Gasteiger partial charge on any atom is 0.257 e. The van der Waals surface area contributed by atoms with Crippen molar-refractivity contribution < 1.29 is 19.1 Å². The number of carbonyl (C=O) groups is 1. The summed E-state index contributed by atoms with van der Waals surface area (Å²) in [7, 11) is 1.53. The molecule has 0 fully saturated rings. The van der Waals surface area contributed by atoms with Gasteiger partial charge in [0.2, 0.25) is 5.91 Å². The number of fused-ring (bicyclic) bond motifs is 1. The third-order valence-electron chi connectivity index (χ3n) is 2.76. The van der Waals surface area contributed by atoms with Crippen LogP contribution in [0.25, 0.3) is 11.1 Å². The molecule has 7 heteroatoms. The Morgan fingerprint density at radius 3 is 3.10 bits per heavy atom. The standard InChI is InChI=1S/C14H18N2O4S/c1-19-8-10(17)6-7-15-13(18)9-21-14-16-11-4-2-3-5-12(11)20-14/h2-5,10,17H,6-9H2,1H3,(H,15,18). The van der Waals surface area contributed by atoms with Gasteiger partial charge in [-0.25, -0.2) is 4.98 Å². The van der Waals surface area contributed by atoms with Crippen molar-refractivity contribution in [3.63, 3.8) is 0 Å². The molecule has 2 aromatic rings. The first-order chi connectivity index (χ1) is 10.2. The molecule has 1 aromatic heterocycles. The normalized spacial score (nSPS) is 12.5. The maximum absolute atomic E-state index is 11.7. The largest absolute Gasteiger partial charge is 0.431 e. The minimum Gasteiger partial charge on any atom is -0.431 e. The zero-order chi connectivity index (χ0) is 15.1. The highest BCUT2D eigenvalue weighted by molar-refractivity contribution is 7.99. The summed E-state index contributed by atoms with van der Waals surface area (Å²) in [5, 5.41) is 12.7. The van der Waals surface area contributed by atoms with Gasteiger partial charge in [-0.15, -0.1) is 0 Å². The molecule has 21 heavy (non-hydrogen) atoms. The van der Waals surface area contributed by atoms with Crippen LogP contribution in [0.4, 0.5) is 0 Å². The van der Waals surface area contributed by atoms with Crippen LogP contribution in [0.1, 0.15) is 6.42 Å². The first kappa shape index (κ1) is 15.8. The average Bonchev–Trinajstić information content (AvgIpc) is 2.88. The van der Waals surface area contributed by atoms with Crippen molar-refractivity contribution >= 4 is 28.8 Å². The Labute approximate surface area is 126 Å². The Hall–Kier alpha value is -1.57. The molecule has 2 N–H and O–H groups in total. The van der Waals surface area contributed by atoms with E-state index in [1.54, 1.807) is 0 Å². The van der Waals surface area contributed by atoms with E-state index in [1.807, 2.05) is 24.3 Å². The number of thioether (sulfide) groups is 1. The molecule has 0 saturated carbocycles. The molecule has 1 atom stereocenters. The number of nitrogens with one attached hydrogen (secondary N) is 1. The lowest BCUT2D eigenvalue weighted by Crippen LogP contribution is -2.29. The molecule has 1 aromatic carbocycles. The Balaban J connectivity index is 1.71. The number of amides is 1. The number of carbonyl (C=O) groups excluding carboxylic acids is 1. The number of para-hydroxylation sites is 2. The molecule has 0 aliphatic carbocycles. The number of hydrogen-bond donors (Lipinski definition) is 2. The van der Waals surface area contributed by atoms with Crippen molar-refractivity contribution in [2.45, 2.75) is 17.7 Å². The fourth-order valence-electron chi connectivity index (χ4n) is 1.75. The van der Waals surface area contributed by atoms with Crippen LogP contribution in [-0.4, -0.2) is 48.1 Å². The van der Waals surface area contributed by atoms with Crippen LogP contribution >= 0.6 is 11.8 Å². The fraction of sp³-hybridized carbons (Fsp3) is 0.429. The van der Waals surface area contributed by atoms with Gasteiger partial charge < -0.3 is 19.6 Å². The predicted molar refractivity (Wildman–Crippen MR) is 80.2 cm³/mol. The fourth-order valence-corrected chi connectivity index (χ4v) is 2.41. The molecular formula is C14H18N2O4S. The Kier molecular flexibility index (Phi) is 6.04. The summed E-state index contributed by atoms with van der Waals surface area (Å²) < 4.78 is 10.3. The van der Waals surface area contributed by atoms with Crippen molar-refractivity contribution in [2.75, 3.05) is 26.0 Å². The van der Waals surface area contributed by atoms with Crippen LogP contribution in [0.15, 0.2) is 33.9 Å². The van der Waals surface area contributed by atoms with Crippen molar-refractivity contribution in [3.05, 3.63) is 24.3 Å². The molecule has 0 radical (unpaired) electrons. The van der Waals surface area contributed by atoms with Crippen LogP contribution in [0.2, 0.25) is 0 Å². The smallest absolute Gasteiger partial charge is 0.257 e. The van der Waals surface area contributed by atoms with Crippen molar-refractivity contribution in [1.29, 1.82) is 0 Å². The van der Waals surface area contributed by atoms with Gasteiger partial charge in [-0.1, -0.05) is 23.9 Å². The number of benzene rings is 1. The van der Waals surface area contributed by atoms with E-state index in [-0.39, 0.29) is 18.3 Å². The molecule has 2 rings (SSSR count). The molecule has 0 aliphatic heterocycles. The molecule has 1 amide bonds. The Morgan fingerprint density at radius 2 is 2.33 bits per heavy atom. The minimum atomic E-state index is -0.556. The summed E-state index contributed by atoms with van der Waals surface area (Å²) in [5.74, 6) is 0.111. The maximum atomic E-state index is 11.7. The van der Waals surface area contributed by atoms with E-state index in [4.69, 9.17) is 9.15 Å². The highest BCUT2D eigenvalue weighted by Gasteiger charge is 2.09. The summed E-state index contributed by atoms with van der Waals surface area (Å²) in [6, 6.07) is 7.46. The number of aromatic nitrogens is 1. The number of aliphatic hydroxyl groups excluding tert-OH is 1. The third kappa shape index (κ3) is 5.04. The van der Waals surface area contributed by atoms with Crippen LogP contribution in [0, 0.1) is 0 Å². The molecular weight excluding hydrogens is 292 g/mol. The lowest BCUT2D eigenvalue weighted by molar-refractivity contribution is -0.118. The van der Waals surface area contributed by atoms with E-state index in [0.29, 0.717) is 23.8 Å². The van der Waals surface area contributed by atoms with Crippen LogP contribution in [0.5, 0.6) is 0 Å². The summed E-state index contributed by atoms with van der Waals surface area (Å²) in [5.41, 5.74) is 1.49. The quantitative estimate of drug-likeness (QED) is 0.718. The SMILES string of the molecule is COCC(O)CCNC(=O)CSc1nc2ccccc2o1. The lowest BCUT2D eigenvalue weighted by Gasteiger charge is -2.09. The molecule has 0 bridgehead atoms. The van der Waals surface area contributed by atoms with Gasteiger partial charge in [-0.3, -0.25) is 4.79 Å². The number of methoxy groups -OCH3 is 1. The van der Waals surface area contributed by atoms with Crippen molar-refractivity contribution in [1.82, 2.24) is 10.3 Å². The summed E-state index contributed by atoms with van der Waals surface area (Å²) in [4.78, 5) is 15.9. The van der Waals surface area contributed by atoms with Crippen molar-refractivity contribution in [2.24, 2.45) is 0 Å². The highest BCUT2D eigenvalue weighted by Crippen LogP contribution is 2.22. The first-order valence-corrected chi connectivity index (χ1v) is 7.59. The summed E-state index contributed by atoms with van der Waals surface area (Å²) in [6.45, 7) is 0.686. The van der Waals surface area contributed by atoms with Gasteiger partial charge in [0.15, 0.2) is 5.58 Å². The molecule has 1 unspecified atom stereocenters. The summed E-state index contributed by atoms with van der Waals surface area (Å²) >= 11 is 1.25. The van der Waals surface area contributed by atoms with Crippen LogP contribution in [0.3, 0.4) is 0 Å². The van der Waals surface area contributed by atoms with Crippen molar-refractivity contribution in [3.8, 4) is 0 Å². The minimum absolute atomic E-state index is 0.119.